The first kappa shape index (κ1) is 22.3. The molecule has 1 saturated heterocycles. The summed E-state index contributed by atoms with van der Waals surface area (Å²) in [6.45, 7) is 9.20. The lowest BCUT2D eigenvalue weighted by atomic mass is 9.89. The highest BCUT2D eigenvalue weighted by atomic mass is 16.2. The van der Waals surface area contributed by atoms with Crippen molar-refractivity contribution in [3.63, 3.8) is 0 Å². The zero-order chi connectivity index (χ0) is 22.7. The molecular formula is C26H30N4O. The minimum absolute atomic E-state index is 0.0118. The number of amides is 1. The van der Waals surface area contributed by atoms with Crippen LogP contribution in [-0.2, 0) is 0 Å². The van der Waals surface area contributed by atoms with Gasteiger partial charge in [0.2, 0.25) is 0 Å². The van der Waals surface area contributed by atoms with Gasteiger partial charge in [-0.1, -0.05) is 31.5 Å². The highest BCUT2D eigenvalue weighted by Crippen LogP contribution is 2.30. The van der Waals surface area contributed by atoms with Crippen molar-refractivity contribution in [1.82, 2.24) is 4.90 Å². The molecule has 5 heteroatoms. The Kier molecular flexibility index (Phi) is 6.60. The number of aryl methyl sites for hydroxylation is 2. The molecule has 31 heavy (non-hydrogen) atoms. The Morgan fingerprint density at radius 2 is 1.77 bits per heavy atom. The molecule has 0 atom stereocenters. The summed E-state index contributed by atoms with van der Waals surface area (Å²) in [7, 11) is 0. The molecule has 0 radical (unpaired) electrons. The summed E-state index contributed by atoms with van der Waals surface area (Å²) in [5.74, 6) is 0.307. The van der Waals surface area contributed by atoms with Gasteiger partial charge in [0.1, 0.15) is 0 Å². The molecule has 0 aromatic heterocycles. The van der Waals surface area contributed by atoms with Crippen LogP contribution in [0.25, 0.3) is 5.70 Å². The van der Waals surface area contributed by atoms with E-state index in [1.807, 2.05) is 69.0 Å². The molecular weight excluding hydrogens is 384 g/mol. The van der Waals surface area contributed by atoms with E-state index in [1.54, 1.807) is 0 Å². The molecule has 3 rings (SSSR count). The first-order valence-corrected chi connectivity index (χ1v) is 10.7. The lowest BCUT2D eigenvalue weighted by Gasteiger charge is -2.40. The Morgan fingerprint density at radius 1 is 1.16 bits per heavy atom. The summed E-state index contributed by atoms with van der Waals surface area (Å²) in [6.07, 6.45) is 1.59. The number of nitrogens with zero attached hydrogens (tertiary/aromatic N) is 2. The van der Waals surface area contributed by atoms with Crippen molar-refractivity contribution < 1.29 is 4.79 Å². The van der Waals surface area contributed by atoms with E-state index in [-0.39, 0.29) is 5.91 Å². The van der Waals surface area contributed by atoms with E-state index in [2.05, 4.69) is 6.07 Å². The van der Waals surface area contributed by atoms with Crippen LogP contribution in [0.5, 0.6) is 0 Å². The number of benzene rings is 2. The minimum atomic E-state index is 0.0118. The predicted molar refractivity (Wildman–Crippen MR) is 125 cm³/mol. The van der Waals surface area contributed by atoms with Gasteiger partial charge in [-0.05, 0) is 67.7 Å². The van der Waals surface area contributed by atoms with Crippen molar-refractivity contribution in [3.05, 3.63) is 75.4 Å². The molecule has 0 aliphatic carbocycles. The third-order valence-corrected chi connectivity index (χ3v) is 6.13. The highest BCUT2D eigenvalue weighted by Gasteiger charge is 2.33. The number of nitrogens with one attached hydrogen (secondary N) is 1. The third kappa shape index (κ3) is 4.54. The van der Waals surface area contributed by atoms with Gasteiger partial charge < -0.3 is 16.0 Å². The van der Waals surface area contributed by atoms with Gasteiger partial charge in [0.15, 0.2) is 0 Å². The Balaban J connectivity index is 1.81. The molecule has 1 aliphatic rings. The van der Waals surface area contributed by atoms with Crippen molar-refractivity contribution in [3.8, 4) is 6.07 Å². The standard InChI is InChI=1S/C26H30N4O/c1-5-6-24(28)18(4)25(29)22-12-23(17(3)11-16(22)2)26(31)30-14-21(15-30)20-9-7-19(13-27)8-10-20/h7-12,21,28H,5-6,14-15,29H2,1-4H3/b25-18-,28-24?. The highest BCUT2D eigenvalue weighted by molar-refractivity contribution is 6.04. The number of hydrogen-bond acceptors (Lipinski definition) is 4. The molecule has 1 fully saturated rings. The van der Waals surface area contributed by atoms with E-state index in [4.69, 9.17) is 16.4 Å². The molecule has 0 bridgehead atoms. The lowest BCUT2D eigenvalue weighted by Crippen LogP contribution is -2.48. The second kappa shape index (κ2) is 9.18. The average molecular weight is 415 g/mol. The van der Waals surface area contributed by atoms with Gasteiger partial charge >= 0.3 is 0 Å². The van der Waals surface area contributed by atoms with Crippen LogP contribution in [0.1, 0.15) is 70.8 Å². The quantitative estimate of drug-likeness (QED) is 0.657. The van der Waals surface area contributed by atoms with E-state index in [1.165, 1.54) is 0 Å². The maximum absolute atomic E-state index is 13.2. The largest absolute Gasteiger partial charge is 0.398 e. The molecule has 1 aliphatic heterocycles. The average Bonchev–Trinajstić information content (AvgIpc) is 2.72. The lowest BCUT2D eigenvalue weighted by molar-refractivity contribution is 0.0601. The summed E-state index contributed by atoms with van der Waals surface area (Å²) in [5, 5.41) is 17.2. The second-order valence-corrected chi connectivity index (χ2v) is 8.39. The van der Waals surface area contributed by atoms with Crippen molar-refractivity contribution in [2.75, 3.05) is 13.1 Å². The number of nitriles is 1. The van der Waals surface area contributed by atoms with E-state index in [0.717, 1.165) is 34.2 Å². The van der Waals surface area contributed by atoms with E-state index in [9.17, 15) is 4.79 Å². The normalized spacial score (nSPS) is 14.5. The molecule has 2 aromatic rings. The smallest absolute Gasteiger partial charge is 0.254 e. The number of rotatable bonds is 6. The maximum atomic E-state index is 13.2. The van der Waals surface area contributed by atoms with Crippen LogP contribution in [0.4, 0.5) is 0 Å². The van der Waals surface area contributed by atoms with Gasteiger partial charge in [0.05, 0.1) is 11.6 Å². The summed E-state index contributed by atoms with van der Waals surface area (Å²) < 4.78 is 0. The fourth-order valence-corrected chi connectivity index (χ4v) is 4.03. The third-order valence-electron chi connectivity index (χ3n) is 6.13. The predicted octanol–water partition coefficient (Wildman–Crippen LogP) is 4.92. The Morgan fingerprint density at radius 3 is 2.35 bits per heavy atom. The van der Waals surface area contributed by atoms with Gasteiger partial charge in [-0.25, -0.2) is 0 Å². The summed E-state index contributed by atoms with van der Waals surface area (Å²) >= 11 is 0. The number of allylic oxidation sites excluding steroid dienone is 1. The molecule has 0 unspecified atom stereocenters. The Bertz CT molecular complexity index is 1080. The van der Waals surface area contributed by atoms with Crippen LogP contribution >= 0.6 is 0 Å². The van der Waals surface area contributed by atoms with Gasteiger partial charge in [0.25, 0.3) is 5.91 Å². The number of nitrogens with two attached hydrogens (primary N) is 1. The first-order valence-electron chi connectivity index (χ1n) is 10.7. The number of carbonyl (C=O) groups excluding carboxylic acids is 1. The van der Waals surface area contributed by atoms with Crippen LogP contribution in [0.2, 0.25) is 0 Å². The Hall–Kier alpha value is -3.39. The van der Waals surface area contributed by atoms with Gasteiger partial charge in [-0.15, -0.1) is 0 Å². The van der Waals surface area contributed by atoms with Crippen molar-refractivity contribution in [2.45, 2.75) is 46.5 Å². The summed E-state index contributed by atoms with van der Waals surface area (Å²) in [5.41, 5.74) is 13.5. The van der Waals surface area contributed by atoms with E-state index >= 15 is 0 Å². The van der Waals surface area contributed by atoms with Crippen molar-refractivity contribution >= 4 is 17.3 Å². The van der Waals surface area contributed by atoms with Gasteiger partial charge in [-0.2, -0.15) is 5.26 Å². The topological polar surface area (TPSA) is 94.0 Å². The monoisotopic (exact) mass is 414 g/mol. The van der Waals surface area contributed by atoms with Crippen LogP contribution in [0.3, 0.4) is 0 Å². The van der Waals surface area contributed by atoms with Crippen molar-refractivity contribution in [2.24, 2.45) is 5.73 Å². The second-order valence-electron chi connectivity index (χ2n) is 8.39. The molecule has 1 heterocycles. The molecule has 2 aromatic carbocycles. The van der Waals surface area contributed by atoms with E-state index < -0.39 is 0 Å². The van der Waals surface area contributed by atoms with Crippen LogP contribution in [0, 0.1) is 30.6 Å². The fourth-order valence-electron chi connectivity index (χ4n) is 4.03. The summed E-state index contributed by atoms with van der Waals surface area (Å²) in [6, 6.07) is 13.6. The van der Waals surface area contributed by atoms with Gasteiger partial charge in [-0.3, -0.25) is 4.79 Å². The SMILES string of the molecule is CCCC(=N)/C(C)=C(\N)c1cc(C(=O)N2CC(c3ccc(C#N)cc3)C2)c(C)cc1C. The minimum Gasteiger partial charge on any atom is -0.398 e. The first-order chi connectivity index (χ1) is 14.8. The van der Waals surface area contributed by atoms with E-state index in [0.29, 0.717) is 48.0 Å². The molecule has 5 nitrogen and oxygen atoms in total. The van der Waals surface area contributed by atoms with Crippen LogP contribution in [0.15, 0.2) is 42.0 Å². The van der Waals surface area contributed by atoms with Crippen LogP contribution < -0.4 is 5.73 Å². The summed E-state index contributed by atoms with van der Waals surface area (Å²) in [4.78, 5) is 15.1. The maximum Gasteiger partial charge on any atom is 0.254 e. The van der Waals surface area contributed by atoms with Crippen LogP contribution in [-0.4, -0.2) is 29.6 Å². The fraction of sp³-hybridized carbons (Fsp3) is 0.346. The molecule has 160 valence electrons. The number of carbonyl (C=O) groups is 1. The van der Waals surface area contributed by atoms with Crippen molar-refractivity contribution in [1.29, 1.82) is 10.7 Å². The zero-order valence-corrected chi connectivity index (χ0v) is 18.7. The zero-order valence-electron chi connectivity index (χ0n) is 18.7. The number of likely N-dealkylation sites (tertiary alicyclic amines) is 1. The molecule has 0 saturated carbocycles. The number of hydrogen-bond donors (Lipinski definition) is 2. The molecule has 0 spiro atoms. The molecule has 3 N–H and O–H groups in total. The van der Waals surface area contributed by atoms with Gasteiger partial charge in [0, 0.05) is 41.5 Å². The Labute approximate surface area is 184 Å². The molecule has 1 amide bonds.